The van der Waals surface area contributed by atoms with Crippen molar-refractivity contribution in [1.29, 1.82) is 0 Å². The van der Waals surface area contributed by atoms with Crippen molar-refractivity contribution in [2.24, 2.45) is 0 Å². The molecule has 0 saturated heterocycles. The molecule has 0 aliphatic heterocycles. The van der Waals surface area contributed by atoms with Gasteiger partial charge in [-0.05, 0) is 42.4 Å². The summed E-state index contributed by atoms with van der Waals surface area (Å²) in [5.74, 6) is 0. The van der Waals surface area contributed by atoms with Gasteiger partial charge in [0.05, 0.1) is 16.1 Å². The molecule has 1 unspecified atom stereocenters. The molecule has 0 saturated carbocycles. The van der Waals surface area contributed by atoms with Crippen LogP contribution in [0.2, 0.25) is 10.0 Å². The minimum absolute atomic E-state index is 0.0530. The molecule has 0 aliphatic carbocycles. The van der Waals surface area contributed by atoms with Crippen LogP contribution in [0.1, 0.15) is 17.2 Å². The zero-order valence-electron chi connectivity index (χ0n) is 10.1. The highest BCUT2D eigenvalue weighted by atomic mass is 79.9. The Bertz CT molecular complexity index is 602. The number of halogens is 4. The average molecular weight is 424 g/mol. The summed E-state index contributed by atoms with van der Waals surface area (Å²) in [5.41, 5.74) is 2.21. The second kappa shape index (κ2) is 6.59. The molecule has 2 rings (SSSR count). The SMILES string of the molecule is CNC(c1ccc(Cl)c(Cl)c1)c1ccc(Br)cc1Br. The van der Waals surface area contributed by atoms with Crippen LogP contribution in [0.5, 0.6) is 0 Å². The predicted molar refractivity (Wildman–Crippen MR) is 89.2 cm³/mol. The Hall–Kier alpha value is -0.0600. The van der Waals surface area contributed by atoms with Crippen LogP contribution in [0.15, 0.2) is 45.3 Å². The summed E-state index contributed by atoms with van der Waals surface area (Å²) in [6.45, 7) is 0. The molecule has 0 heterocycles. The minimum Gasteiger partial charge on any atom is -0.309 e. The molecule has 0 fully saturated rings. The lowest BCUT2D eigenvalue weighted by Crippen LogP contribution is -2.18. The van der Waals surface area contributed by atoms with Crippen molar-refractivity contribution < 1.29 is 0 Å². The maximum Gasteiger partial charge on any atom is 0.0595 e. The molecule has 1 N–H and O–H groups in total. The first-order valence-corrected chi connectivity index (χ1v) is 7.94. The summed E-state index contributed by atoms with van der Waals surface area (Å²) < 4.78 is 2.07. The largest absolute Gasteiger partial charge is 0.309 e. The van der Waals surface area contributed by atoms with Gasteiger partial charge in [-0.2, -0.15) is 0 Å². The lowest BCUT2D eigenvalue weighted by molar-refractivity contribution is 0.689. The summed E-state index contributed by atoms with van der Waals surface area (Å²) in [6, 6.07) is 11.8. The first-order valence-electron chi connectivity index (χ1n) is 5.60. The molecule has 0 aromatic heterocycles. The first-order chi connectivity index (χ1) is 9.02. The van der Waals surface area contributed by atoms with Crippen LogP contribution < -0.4 is 5.32 Å². The minimum atomic E-state index is 0.0530. The number of benzene rings is 2. The fraction of sp³-hybridized carbons (Fsp3) is 0.143. The lowest BCUT2D eigenvalue weighted by atomic mass is 9.99. The van der Waals surface area contributed by atoms with Gasteiger partial charge in [0.1, 0.15) is 0 Å². The fourth-order valence-corrected chi connectivity index (χ4v) is 3.51. The highest BCUT2D eigenvalue weighted by Gasteiger charge is 2.16. The molecule has 1 nitrogen and oxygen atoms in total. The van der Waals surface area contributed by atoms with Crippen LogP contribution in [0.25, 0.3) is 0 Å². The van der Waals surface area contributed by atoms with E-state index in [0.29, 0.717) is 10.0 Å². The van der Waals surface area contributed by atoms with E-state index in [-0.39, 0.29) is 6.04 Å². The van der Waals surface area contributed by atoms with Crippen molar-refractivity contribution in [2.45, 2.75) is 6.04 Å². The van der Waals surface area contributed by atoms with E-state index >= 15 is 0 Å². The highest BCUT2D eigenvalue weighted by Crippen LogP contribution is 2.33. The molecule has 100 valence electrons. The molecule has 2 aromatic rings. The number of hydrogen-bond donors (Lipinski definition) is 1. The lowest BCUT2D eigenvalue weighted by Gasteiger charge is -2.19. The van der Waals surface area contributed by atoms with E-state index in [2.05, 4.69) is 43.2 Å². The van der Waals surface area contributed by atoms with Crippen LogP contribution in [0.4, 0.5) is 0 Å². The van der Waals surface area contributed by atoms with E-state index in [1.54, 1.807) is 0 Å². The van der Waals surface area contributed by atoms with Crippen molar-refractivity contribution in [1.82, 2.24) is 5.32 Å². The second-order valence-corrected chi connectivity index (χ2v) is 6.65. The first kappa shape index (κ1) is 15.3. The number of rotatable bonds is 3. The Kier molecular flexibility index (Phi) is 5.32. The molecule has 0 spiro atoms. The summed E-state index contributed by atoms with van der Waals surface area (Å²) in [7, 11) is 1.92. The van der Waals surface area contributed by atoms with Crippen molar-refractivity contribution in [3.63, 3.8) is 0 Å². The molecule has 0 amide bonds. The summed E-state index contributed by atoms with van der Waals surface area (Å²) >= 11 is 19.1. The maximum absolute atomic E-state index is 6.09. The summed E-state index contributed by atoms with van der Waals surface area (Å²) in [5, 5.41) is 4.42. The van der Waals surface area contributed by atoms with Gasteiger partial charge in [0.2, 0.25) is 0 Å². The van der Waals surface area contributed by atoms with Crippen molar-refractivity contribution in [3.8, 4) is 0 Å². The van der Waals surface area contributed by atoms with Crippen LogP contribution >= 0.6 is 55.1 Å². The van der Waals surface area contributed by atoms with Crippen molar-refractivity contribution >= 4 is 55.1 Å². The Labute approximate surface area is 139 Å². The third-order valence-corrected chi connectivity index (χ3v) is 4.76. The Morgan fingerprint density at radius 3 is 2.32 bits per heavy atom. The Morgan fingerprint density at radius 1 is 1.00 bits per heavy atom. The van der Waals surface area contributed by atoms with Crippen LogP contribution in [-0.4, -0.2) is 7.05 Å². The Balaban J connectivity index is 2.46. The third-order valence-electron chi connectivity index (χ3n) is 2.84. The number of nitrogens with one attached hydrogen (secondary N) is 1. The number of hydrogen-bond acceptors (Lipinski definition) is 1. The molecule has 0 aliphatic rings. The van der Waals surface area contributed by atoms with E-state index in [1.165, 1.54) is 0 Å². The monoisotopic (exact) mass is 421 g/mol. The van der Waals surface area contributed by atoms with E-state index in [1.807, 2.05) is 37.4 Å². The van der Waals surface area contributed by atoms with Gasteiger partial charge >= 0.3 is 0 Å². The zero-order chi connectivity index (χ0) is 14.0. The Morgan fingerprint density at radius 2 is 1.74 bits per heavy atom. The fourth-order valence-electron chi connectivity index (χ4n) is 1.93. The second-order valence-electron chi connectivity index (χ2n) is 4.06. The third kappa shape index (κ3) is 3.53. The quantitative estimate of drug-likeness (QED) is 0.655. The summed E-state index contributed by atoms with van der Waals surface area (Å²) in [6.07, 6.45) is 0. The molecule has 5 heteroatoms. The van der Waals surface area contributed by atoms with E-state index < -0.39 is 0 Å². The van der Waals surface area contributed by atoms with Gasteiger partial charge in [0.25, 0.3) is 0 Å². The normalized spacial score (nSPS) is 12.5. The van der Waals surface area contributed by atoms with Crippen molar-refractivity contribution in [3.05, 3.63) is 66.5 Å². The van der Waals surface area contributed by atoms with E-state index in [4.69, 9.17) is 23.2 Å². The van der Waals surface area contributed by atoms with Gasteiger partial charge in [-0.1, -0.05) is 67.2 Å². The van der Waals surface area contributed by atoms with Gasteiger partial charge in [0.15, 0.2) is 0 Å². The van der Waals surface area contributed by atoms with Crippen LogP contribution in [-0.2, 0) is 0 Å². The van der Waals surface area contributed by atoms with E-state index in [9.17, 15) is 0 Å². The van der Waals surface area contributed by atoms with Crippen LogP contribution in [0, 0.1) is 0 Å². The predicted octanol–water partition coefficient (Wildman–Crippen LogP) is 5.83. The maximum atomic E-state index is 6.09. The molecule has 0 bridgehead atoms. The molecule has 1 atom stereocenters. The van der Waals surface area contributed by atoms with E-state index in [0.717, 1.165) is 20.1 Å². The van der Waals surface area contributed by atoms with Crippen LogP contribution in [0.3, 0.4) is 0 Å². The van der Waals surface area contributed by atoms with Gasteiger partial charge in [-0.25, -0.2) is 0 Å². The average Bonchev–Trinajstić information content (AvgIpc) is 2.37. The highest BCUT2D eigenvalue weighted by molar-refractivity contribution is 9.11. The summed E-state index contributed by atoms with van der Waals surface area (Å²) in [4.78, 5) is 0. The van der Waals surface area contributed by atoms with Gasteiger partial charge in [-0.15, -0.1) is 0 Å². The molecular weight excluding hydrogens is 413 g/mol. The topological polar surface area (TPSA) is 12.0 Å². The smallest absolute Gasteiger partial charge is 0.0595 e. The standard InChI is InChI=1S/C14H11Br2Cl2N/c1-19-14(8-2-5-12(17)13(18)6-8)10-4-3-9(15)7-11(10)16/h2-7,14,19H,1H3. The molecular formula is C14H11Br2Cl2N. The zero-order valence-corrected chi connectivity index (χ0v) is 14.7. The van der Waals surface area contributed by atoms with Gasteiger partial charge < -0.3 is 5.32 Å². The molecule has 19 heavy (non-hydrogen) atoms. The molecule has 0 radical (unpaired) electrons. The van der Waals surface area contributed by atoms with Gasteiger partial charge in [0, 0.05) is 8.95 Å². The van der Waals surface area contributed by atoms with Crippen molar-refractivity contribution in [2.75, 3.05) is 7.05 Å². The molecule has 2 aromatic carbocycles. The van der Waals surface area contributed by atoms with Gasteiger partial charge in [-0.3, -0.25) is 0 Å².